The third-order valence-corrected chi connectivity index (χ3v) is 0.939. The second-order valence-electron chi connectivity index (χ2n) is 2.14. The van der Waals surface area contributed by atoms with Crippen molar-refractivity contribution >= 4 is 5.97 Å². The van der Waals surface area contributed by atoms with Gasteiger partial charge in [-0.25, -0.2) is 4.79 Å². The van der Waals surface area contributed by atoms with E-state index in [1.165, 1.54) is 0 Å². The molecule has 0 aromatic carbocycles. The van der Waals surface area contributed by atoms with Crippen LogP contribution in [0.2, 0.25) is 0 Å². The van der Waals surface area contributed by atoms with Crippen LogP contribution in [0.1, 0.15) is 19.3 Å². The summed E-state index contributed by atoms with van der Waals surface area (Å²) < 4.78 is 31.7. The predicted octanol–water partition coefficient (Wildman–Crippen LogP) is 1.31. The van der Waals surface area contributed by atoms with Gasteiger partial charge in [0.05, 0.1) is 6.07 Å². The molecule has 0 rings (SSSR count). The molecule has 4 nitrogen and oxygen atoms in total. The van der Waals surface area contributed by atoms with E-state index < -0.39 is 12.1 Å². The van der Waals surface area contributed by atoms with Gasteiger partial charge in [0.2, 0.25) is 0 Å². The van der Waals surface area contributed by atoms with Crippen LogP contribution in [-0.2, 0) is 4.79 Å². The van der Waals surface area contributed by atoms with Gasteiger partial charge in [0.1, 0.15) is 0 Å². The molecule has 2 N–H and O–H groups in total. The lowest BCUT2D eigenvalue weighted by Gasteiger charge is -1.93. The zero-order valence-electron chi connectivity index (χ0n) is 7.21. The molecule has 0 radical (unpaired) electrons. The lowest BCUT2D eigenvalue weighted by Crippen LogP contribution is -2.21. The van der Waals surface area contributed by atoms with Crippen LogP contribution in [0, 0.1) is 11.3 Å². The van der Waals surface area contributed by atoms with E-state index in [1.54, 1.807) is 0 Å². The Balaban J connectivity index is 0. The summed E-state index contributed by atoms with van der Waals surface area (Å²) in [6, 6.07) is 1.99. The third-order valence-electron chi connectivity index (χ3n) is 0.939. The molecule has 7 heteroatoms. The van der Waals surface area contributed by atoms with Crippen molar-refractivity contribution in [1.29, 1.82) is 5.26 Å². The number of halogens is 3. The fourth-order valence-corrected chi connectivity index (χ4v) is 0.316. The van der Waals surface area contributed by atoms with Crippen LogP contribution in [-0.4, -0.2) is 29.0 Å². The largest absolute Gasteiger partial charge is 0.490 e. The zero-order valence-corrected chi connectivity index (χ0v) is 7.21. The molecule has 14 heavy (non-hydrogen) atoms. The number of rotatable bonds is 3. The summed E-state index contributed by atoms with van der Waals surface area (Å²) in [6.45, 7) is 0.210. The van der Waals surface area contributed by atoms with E-state index in [9.17, 15) is 13.2 Å². The van der Waals surface area contributed by atoms with Gasteiger partial charge in [-0.1, -0.05) is 0 Å². The number of alkyl halides is 3. The fraction of sp³-hybridized carbons (Fsp3) is 0.714. The average Bonchev–Trinajstić information content (AvgIpc) is 2.05. The number of aliphatic carboxylic acids is 1. The minimum absolute atomic E-state index is 0.210. The Morgan fingerprint density at radius 2 is 1.79 bits per heavy atom. The number of carboxylic acids is 1. The van der Waals surface area contributed by atoms with Crippen molar-refractivity contribution in [2.75, 3.05) is 6.61 Å². The van der Waals surface area contributed by atoms with E-state index in [4.69, 9.17) is 20.3 Å². The minimum Gasteiger partial charge on any atom is -0.475 e. The van der Waals surface area contributed by atoms with Gasteiger partial charge < -0.3 is 10.2 Å². The maximum Gasteiger partial charge on any atom is 0.490 e. The van der Waals surface area contributed by atoms with Crippen LogP contribution >= 0.6 is 0 Å². The summed E-state index contributed by atoms with van der Waals surface area (Å²) in [4.78, 5) is 8.90. The molecule has 0 aliphatic rings. The quantitative estimate of drug-likeness (QED) is 0.692. The van der Waals surface area contributed by atoms with Gasteiger partial charge in [0.25, 0.3) is 0 Å². The number of hydrogen-bond acceptors (Lipinski definition) is 3. The molecule has 82 valence electrons. The van der Waals surface area contributed by atoms with Crippen LogP contribution in [0.25, 0.3) is 0 Å². The lowest BCUT2D eigenvalue weighted by molar-refractivity contribution is -0.192. The van der Waals surface area contributed by atoms with Crippen LogP contribution in [0.15, 0.2) is 0 Å². The molecular formula is C7H10F3NO3. The number of unbranched alkanes of at least 4 members (excludes halogenated alkanes) is 2. The van der Waals surface area contributed by atoms with Gasteiger partial charge in [-0.3, -0.25) is 0 Å². The van der Waals surface area contributed by atoms with Crippen molar-refractivity contribution < 1.29 is 28.2 Å². The summed E-state index contributed by atoms with van der Waals surface area (Å²) in [5, 5.41) is 23.3. The van der Waals surface area contributed by atoms with Gasteiger partial charge in [-0.2, -0.15) is 18.4 Å². The van der Waals surface area contributed by atoms with E-state index in [2.05, 4.69) is 0 Å². The molecule has 0 atom stereocenters. The topological polar surface area (TPSA) is 81.3 Å². The van der Waals surface area contributed by atoms with Gasteiger partial charge in [-0.05, 0) is 12.8 Å². The first-order chi connectivity index (χ1) is 6.36. The number of aliphatic hydroxyl groups is 1. The third kappa shape index (κ3) is 13.3. The van der Waals surface area contributed by atoms with Crippen molar-refractivity contribution in [3.8, 4) is 6.07 Å². The lowest BCUT2D eigenvalue weighted by atomic mass is 10.3. The Morgan fingerprint density at radius 1 is 1.36 bits per heavy atom. The standard InChI is InChI=1S/C5H9NO.C2HF3O2/c6-4-2-1-3-5-7;3-2(4,5)1(6)7/h7H,1-3,5H2;(H,6,7). The second-order valence-corrected chi connectivity index (χ2v) is 2.14. The number of carbonyl (C=O) groups is 1. The van der Waals surface area contributed by atoms with Gasteiger partial charge >= 0.3 is 12.1 Å². The molecular weight excluding hydrogens is 203 g/mol. The molecule has 0 aliphatic carbocycles. The van der Waals surface area contributed by atoms with Crippen LogP contribution in [0.4, 0.5) is 13.2 Å². The van der Waals surface area contributed by atoms with Gasteiger partial charge in [0, 0.05) is 13.0 Å². The normalized spacial score (nSPS) is 9.64. The van der Waals surface area contributed by atoms with E-state index in [0.29, 0.717) is 6.42 Å². The highest BCUT2D eigenvalue weighted by Crippen LogP contribution is 2.13. The number of aliphatic hydroxyl groups excluding tert-OH is 1. The molecule has 0 aliphatic heterocycles. The smallest absolute Gasteiger partial charge is 0.475 e. The van der Waals surface area contributed by atoms with Crippen molar-refractivity contribution in [3.63, 3.8) is 0 Å². The van der Waals surface area contributed by atoms with Crippen LogP contribution in [0.3, 0.4) is 0 Å². The van der Waals surface area contributed by atoms with Crippen molar-refractivity contribution in [2.45, 2.75) is 25.4 Å². The molecule has 0 amide bonds. The van der Waals surface area contributed by atoms with Crippen molar-refractivity contribution in [3.05, 3.63) is 0 Å². The van der Waals surface area contributed by atoms with E-state index in [-0.39, 0.29) is 6.61 Å². The van der Waals surface area contributed by atoms with E-state index in [0.717, 1.165) is 12.8 Å². The molecule has 0 spiro atoms. The minimum atomic E-state index is -5.08. The first-order valence-corrected chi connectivity index (χ1v) is 3.64. The van der Waals surface area contributed by atoms with E-state index in [1.807, 2.05) is 6.07 Å². The first-order valence-electron chi connectivity index (χ1n) is 3.64. The SMILES string of the molecule is N#CCCCCO.O=C(O)C(F)(F)F. The summed E-state index contributed by atoms with van der Waals surface area (Å²) >= 11 is 0. The van der Waals surface area contributed by atoms with E-state index >= 15 is 0 Å². The monoisotopic (exact) mass is 213 g/mol. The highest BCUT2D eigenvalue weighted by atomic mass is 19.4. The molecule has 0 heterocycles. The van der Waals surface area contributed by atoms with Gasteiger partial charge in [0.15, 0.2) is 0 Å². The van der Waals surface area contributed by atoms with Gasteiger partial charge in [-0.15, -0.1) is 0 Å². The molecule has 0 unspecified atom stereocenters. The number of hydrogen-bond donors (Lipinski definition) is 2. The summed E-state index contributed by atoms with van der Waals surface area (Å²) in [7, 11) is 0. The van der Waals surface area contributed by atoms with Crippen molar-refractivity contribution in [1.82, 2.24) is 0 Å². The maximum absolute atomic E-state index is 10.6. The van der Waals surface area contributed by atoms with Crippen LogP contribution in [0.5, 0.6) is 0 Å². The summed E-state index contributed by atoms with van der Waals surface area (Å²) in [6.07, 6.45) is -2.93. The summed E-state index contributed by atoms with van der Waals surface area (Å²) in [5.74, 6) is -2.76. The van der Waals surface area contributed by atoms with Crippen molar-refractivity contribution in [2.24, 2.45) is 0 Å². The Bertz CT molecular complexity index is 197. The molecule has 0 bridgehead atoms. The highest BCUT2D eigenvalue weighted by Gasteiger charge is 2.38. The fourth-order valence-electron chi connectivity index (χ4n) is 0.316. The summed E-state index contributed by atoms with van der Waals surface area (Å²) in [5.41, 5.74) is 0. The Hall–Kier alpha value is -1.29. The second kappa shape index (κ2) is 8.31. The Morgan fingerprint density at radius 3 is 2.00 bits per heavy atom. The number of carboxylic acid groups (broad SMARTS) is 1. The molecule has 0 aromatic rings. The van der Waals surface area contributed by atoms with Crippen LogP contribution < -0.4 is 0 Å². The predicted molar refractivity (Wildman–Crippen MR) is 40.2 cm³/mol. The number of nitrogens with zero attached hydrogens (tertiary/aromatic N) is 1. The maximum atomic E-state index is 10.6. The molecule has 0 saturated heterocycles. The zero-order chi connectivity index (χ0) is 11.6. The molecule has 0 fully saturated rings. The highest BCUT2D eigenvalue weighted by molar-refractivity contribution is 5.73. The molecule has 0 saturated carbocycles. The molecule has 0 aromatic heterocycles. The number of nitriles is 1. The first kappa shape index (κ1) is 15.2. The Kier molecular flexibility index (Phi) is 9.02. The Labute approximate surface area is 78.6 Å². The average molecular weight is 213 g/mol.